The summed E-state index contributed by atoms with van der Waals surface area (Å²) < 4.78 is 5.43. The Kier molecular flexibility index (Phi) is 5.16. The van der Waals surface area contributed by atoms with Gasteiger partial charge >= 0.3 is 6.03 Å². The molecular formula is C15H21N3O3. The second kappa shape index (κ2) is 7.08. The van der Waals surface area contributed by atoms with Gasteiger partial charge in [0.05, 0.1) is 13.2 Å². The van der Waals surface area contributed by atoms with Gasteiger partial charge in [-0.15, -0.1) is 0 Å². The van der Waals surface area contributed by atoms with Crippen molar-refractivity contribution in [2.24, 2.45) is 5.73 Å². The number of nitrogens with two attached hydrogens (primary N) is 1. The van der Waals surface area contributed by atoms with E-state index in [4.69, 9.17) is 10.5 Å². The van der Waals surface area contributed by atoms with E-state index in [-0.39, 0.29) is 18.5 Å². The highest BCUT2D eigenvalue weighted by molar-refractivity contribution is 5.94. The van der Waals surface area contributed by atoms with E-state index in [0.29, 0.717) is 6.61 Å². The Balaban J connectivity index is 2.00. The van der Waals surface area contributed by atoms with Crippen LogP contribution in [0.1, 0.15) is 31.4 Å². The van der Waals surface area contributed by atoms with E-state index in [1.807, 2.05) is 31.2 Å². The number of carbonyl (C=O) groups is 2. The summed E-state index contributed by atoms with van der Waals surface area (Å²) in [5, 5.41) is 2.11. The number of carbonyl (C=O) groups excluding carboxylic acids is 2. The average molecular weight is 291 g/mol. The van der Waals surface area contributed by atoms with Crippen molar-refractivity contribution < 1.29 is 14.3 Å². The van der Waals surface area contributed by atoms with Crippen LogP contribution < -0.4 is 15.8 Å². The molecule has 0 bridgehead atoms. The molecule has 21 heavy (non-hydrogen) atoms. The van der Waals surface area contributed by atoms with Gasteiger partial charge in [0.1, 0.15) is 5.75 Å². The number of hydrogen-bond donors (Lipinski definition) is 2. The molecule has 1 atom stereocenters. The minimum Gasteiger partial charge on any atom is -0.494 e. The summed E-state index contributed by atoms with van der Waals surface area (Å²) in [6, 6.07) is 7.33. The van der Waals surface area contributed by atoms with Gasteiger partial charge in [-0.2, -0.15) is 0 Å². The summed E-state index contributed by atoms with van der Waals surface area (Å²) in [5.41, 5.74) is 6.11. The van der Waals surface area contributed by atoms with Crippen LogP contribution >= 0.6 is 0 Å². The maximum absolute atomic E-state index is 11.7. The smallest absolute Gasteiger partial charge is 0.318 e. The molecule has 1 aromatic carbocycles. The molecule has 0 radical (unpaired) electrons. The number of amides is 3. The van der Waals surface area contributed by atoms with Crippen LogP contribution in [0.3, 0.4) is 0 Å². The lowest BCUT2D eigenvalue weighted by Crippen LogP contribution is -2.42. The molecule has 0 aromatic heterocycles. The number of nitrogens with one attached hydrogen (secondary N) is 1. The zero-order chi connectivity index (χ0) is 15.2. The molecule has 1 aliphatic rings. The van der Waals surface area contributed by atoms with Gasteiger partial charge in [-0.25, -0.2) is 4.79 Å². The van der Waals surface area contributed by atoms with E-state index in [9.17, 15) is 9.59 Å². The van der Waals surface area contributed by atoms with Crippen molar-refractivity contribution in [3.05, 3.63) is 29.8 Å². The molecule has 1 unspecified atom stereocenters. The number of rotatable bonds is 5. The molecule has 1 aromatic rings. The third-order valence-corrected chi connectivity index (χ3v) is 3.55. The molecule has 1 fully saturated rings. The lowest BCUT2D eigenvalue weighted by atomic mass is 10.0. The second-order valence-electron chi connectivity index (χ2n) is 5.04. The highest BCUT2D eigenvalue weighted by Crippen LogP contribution is 2.32. The van der Waals surface area contributed by atoms with E-state index in [0.717, 1.165) is 30.7 Å². The topological polar surface area (TPSA) is 84.7 Å². The Morgan fingerprint density at radius 3 is 2.71 bits per heavy atom. The second-order valence-corrected chi connectivity index (χ2v) is 5.04. The average Bonchev–Trinajstić information content (AvgIpc) is 2.87. The summed E-state index contributed by atoms with van der Waals surface area (Å²) >= 11 is 0. The first-order valence-corrected chi connectivity index (χ1v) is 7.16. The summed E-state index contributed by atoms with van der Waals surface area (Å²) in [6.45, 7) is 3.61. The molecule has 0 spiro atoms. The SMILES string of the molecule is CCOc1ccc(C2CCCN2CC(=O)NC(N)=O)cc1. The predicted molar refractivity (Wildman–Crippen MR) is 78.9 cm³/mol. The van der Waals surface area contributed by atoms with Gasteiger partial charge < -0.3 is 10.5 Å². The first kappa shape index (κ1) is 15.3. The Hall–Kier alpha value is -2.08. The van der Waals surface area contributed by atoms with Gasteiger partial charge in [0.25, 0.3) is 0 Å². The Labute approximate surface area is 124 Å². The zero-order valence-corrected chi connectivity index (χ0v) is 12.2. The van der Waals surface area contributed by atoms with Crippen LogP contribution in [-0.4, -0.2) is 36.5 Å². The van der Waals surface area contributed by atoms with Crippen molar-refractivity contribution in [3.8, 4) is 5.75 Å². The minimum absolute atomic E-state index is 0.181. The van der Waals surface area contributed by atoms with Crippen molar-refractivity contribution in [1.29, 1.82) is 0 Å². The molecule has 1 heterocycles. The van der Waals surface area contributed by atoms with Crippen molar-refractivity contribution in [2.75, 3.05) is 19.7 Å². The monoisotopic (exact) mass is 291 g/mol. The predicted octanol–water partition coefficient (Wildman–Crippen LogP) is 1.42. The minimum atomic E-state index is -0.809. The molecule has 3 amide bonds. The van der Waals surface area contributed by atoms with Crippen LogP contribution in [0.25, 0.3) is 0 Å². The lowest BCUT2D eigenvalue weighted by molar-refractivity contribution is -0.121. The van der Waals surface area contributed by atoms with Crippen LogP contribution in [-0.2, 0) is 4.79 Å². The van der Waals surface area contributed by atoms with Crippen molar-refractivity contribution in [3.63, 3.8) is 0 Å². The van der Waals surface area contributed by atoms with E-state index >= 15 is 0 Å². The maximum atomic E-state index is 11.7. The molecule has 2 rings (SSSR count). The highest BCUT2D eigenvalue weighted by Gasteiger charge is 2.27. The Bertz CT molecular complexity index is 501. The number of benzene rings is 1. The maximum Gasteiger partial charge on any atom is 0.318 e. The van der Waals surface area contributed by atoms with Crippen LogP contribution in [0, 0.1) is 0 Å². The normalized spacial score (nSPS) is 18.4. The lowest BCUT2D eigenvalue weighted by Gasteiger charge is -2.24. The van der Waals surface area contributed by atoms with Gasteiger partial charge in [0.15, 0.2) is 0 Å². The van der Waals surface area contributed by atoms with E-state index in [1.54, 1.807) is 0 Å². The van der Waals surface area contributed by atoms with Gasteiger partial charge in [-0.1, -0.05) is 12.1 Å². The molecule has 114 valence electrons. The molecule has 6 nitrogen and oxygen atoms in total. The summed E-state index contributed by atoms with van der Waals surface area (Å²) in [4.78, 5) is 24.4. The number of primary amides is 1. The van der Waals surface area contributed by atoms with Gasteiger partial charge in [-0.3, -0.25) is 15.0 Å². The van der Waals surface area contributed by atoms with E-state index in [2.05, 4.69) is 10.2 Å². The van der Waals surface area contributed by atoms with E-state index in [1.165, 1.54) is 0 Å². The molecule has 1 saturated heterocycles. The number of hydrogen-bond acceptors (Lipinski definition) is 4. The molecule has 0 aliphatic carbocycles. The molecule has 1 aliphatic heterocycles. The van der Waals surface area contributed by atoms with Crippen molar-refractivity contribution in [1.82, 2.24) is 10.2 Å². The number of ether oxygens (including phenoxy) is 1. The van der Waals surface area contributed by atoms with E-state index < -0.39 is 6.03 Å². The zero-order valence-electron chi connectivity index (χ0n) is 12.2. The molecular weight excluding hydrogens is 270 g/mol. The third-order valence-electron chi connectivity index (χ3n) is 3.55. The summed E-state index contributed by atoms with van der Waals surface area (Å²) in [7, 11) is 0. The first-order valence-electron chi connectivity index (χ1n) is 7.16. The number of imide groups is 1. The van der Waals surface area contributed by atoms with Gasteiger partial charge in [-0.05, 0) is 44.0 Å². The van der Waals surface area contributed by atoms with Crippen molar-refractivity contribution >= 4 is 11.9 Å². The third kappa shape index (κ3) is 4.19. The van der Waals surface area contributed by atoms with Gasteiger partial charge in [0, 0.05) is 6.04 Å². The highest BCUT2D eigenvalue weighted by atomic mass is 16.5. The Morgan fingerprint density at radius 1 is 1.38 bits per heavy atom. The number of nitrogens with zero attached hydrogens (tertiary/aromatic N) is 1. The van der Waals surface area contributed by atoms with Crippen molar-refractivity contribution in [2.45, 2.75) is 25.8 Å². The Morgan fingerprint density at radius 2 is 2.10 bits per heavy atom. The fourth-order valence-electron chi connectivity index (χ4n) is 2.71. The first-order chi connectivity index (χ1) is 10.1. The molecule has 6 heteroatoms. The molecule has 0 saturated carbocycles. The van der Waals surface area contributed by atoms with Crippen LogP contribution in [0.5, 0.6) is 5.75 Å². The fraction of sp³-hybridized carbons (Fsp3) is 0.467. The van der Waals surface area contributed by atoms with Crippen LogP contribution in [0.4, 0.5) is 4.79 Å². The van der Waals surface area contributed by atoms with Crippen LogP contribution in [0.15, 0.2) is 24.3 Å². The van der Waals surface area contributed by atoms with Gasteiger partial charge in [0.2, 0.25) is 5.91 Å². The quantitative estimate of drug-likeness (QED) is 0.859. The summed E-state index contributed by atoms with van der Waals surface area (Å²) in [5.74, 6) is 0.484. The largest absolute Gasteiger partial charge is 0.494 e. The summed E-state index contributed by atoms with van der Waals surface area (Å²) in [6.07, 6.45) is 2.03. The molecule has 3 N–H and O–H groups in total. The fourth-order valence-corrected chi connectivity index (χ4v) is 2.71. The number of urea groups is 1. The van der Waals surface area contributed by atoms with Crippen LogP contribution in [0.2, 0.25) is 0 Å². The standard InChI is InChI=1S/C15H21N3O3/c1-2-21-12-7-5-11(6-8-12)13-4-3-9-18(13)10-14(19)17-15(16)20/h5-8,13H,2-4,9-10H2,1H3,(H3,16,17,19,20). The number of likely N-dealkylation sites (tertiary alicyclic amines) is 1.